The van der Waals surface area contributed by atoms with Gasteiger partial charge >= 0.3 is 0 Å². The molecule has 1 saturated heterocycles. The molecule has 2 aromatic heterocycles. The molecule has 2 aromatic rings. The van der Waals surface area contributed by atoms with Gasteiger partial charge < -0.3 is 9.64 Å². The highest BCUT2D eigenvalue weighted by atomic mass is 16.5. The lowest BCUT2D eigenvalue weighted by atomic mass is 10.2. The Labute approximate surface area is 110 Å². The highest BCUT2D eigenvalue weighted by Crippen LogP contribution is 2.15. The second-order valence-electron chi connectivity index (χ2n) is 4.32. The van der Waals surface area contributed by atoms with E-state index >= 15 is 0 Å². The van der Waals surface area contributed by atoms with Gasteiger partial charge in [-0.1, -0.05) is 0 Å². The Morgan fingerprint density at radius 3 is 2.74 bits per heavy atom. The summed E-state index contributed by atoms with van der Waals surface area (Å²) in [5.74, 6) is 0.00884. The molecule has 0 radical (unpaired) electrons. The average molecular weight is 258 g/mol. The van der Waals surface area contributed by atoms with Crippen LogP contribution in [-0.2, 0) is 4.74 Å². The molecule has 0 atom stereocenters. The zero-order valence-corrected chi connectivity index (χ0v) is 10.4. The van der Waals surface area contributed by atoms with Crippen LogP contribution in [0.25, 0.3) is 11.3 Å². The number of morpholine rings is 1. The molecule has 0 spiro atoms. The van der Waals surface area contributed by atoms with Crippen molar-refractivity contribution in [1.29, 1.82) is 0 Å². The minimum Gasteiger partial charge on any atom is -0.378 e. The van der Waals surface area contributed by atoms with Crippen LogP contribution in [0.15, 0.2) is 30.7 Å². The lowest BCUT2D eigenvalue weighted by Crippen LogP contribution is -2.40. The maximum atomic E-state index is 12.2. The second-order valence-corrected chi connectivity index (χ2v) is 4.32. The van der Waals surface area contributed by atoms with E-state index in [1.807, 2.05) is 6.07 Å². The fourth-order valence-electron chi connectivity index (χ4n) is 2.03. The third-order valence-electron chi connectivity index (χ3n) is 3.10. The molecular weight excluding hydrogens is 244 g/mol. The SMILES string of the molecule is O=C(c1ccc(-c2cn[nH]c2)nc1)N1CCOCC1. The number of ether oxygens (including phenoxy) is 1. The summed E-state index contributed by atoms with van der Waals surface area (Å²) in [7, 11) is 0. The lowest BCUT2D eigenvalue weighted by Gasteiger charge is -2.26. The van der Waals surface area contributed by atoms with Crippen LogP contribution >= 0.6 is 0 Å². The van der Waals surface area contributed by atoms with Crippen LogP contribution in [0.1, 0.15) is 10.4 Å². The average Bonchev–Trinajstić information content (AvgIpc) is 3.02. The van der Waals surface area contributed by atoms with Crippen LogP contribution in [0.2, 0.25) is 0 Å². The first-order chi connectivity index (χ1) is 9.34. The third kappa shape index (κ3) is 2.48. The fourth-order valence-corrected chi connectivity index (χ4v) is 2.03. The molecule has 3 rings (SSSR count). The molecule has 0 unspecified atom stereocenters. The highest BCUT2D eigenvalue weighted by Gasteiger charge is 2.18. The molecule has 1 fully saturated rings. The van der Waals surface area contributed by atoms with Crippen LogP contribution in [-0.4, -0.2) is 52.3 Å². The Kier molecular flexibility index (Phi) is 3.24. The largest absolute Gasteiger partial charge is 0.378 e. The number of amides is 1. The predicted molar refractivity (Wildman–Crippen MR) is 68.5 cm³/mol. The van der Waals surface area contributed by atoms with Gasteiger partial charge in [0.05, 0.1) is 30.7 Å². The van der Waals surface area contributed by atoms with Crippen LogP contribution in [0.3, 0.4) is 0 Å². The summed E-state index contributed by atoms with van der Waals surface area (Å²) in [6.07, 6.45) is 5.08. The van der Waals surface area contributed by atoms with Crippen molar-refractivity contribution < 1.29 is 9.53 Å². The smallest absolute Gasteiger partial charge is 0.255 e. The zero-order chi connectivity index (χ0) is 13.1. The summed E-state index contributed by atoms with van der Waals surface area (Å²) in [6, 6.07) is 3.63. The first kappa shape index (κ1) is 11.9. The minimum atomic E-state index is 0.00884. The number of aromatic amines is 1. The van der Waals surface area contributed by atoms with Gasteiger partial charge in [-0.25, -0.2) is 0 Å². The number of rotatable bonds is 2. The molecule has 19 heavy (non-hydrogen) atoms. The molecule has 0 aliphatic carbocycles. The van der Waals surface area contributed by atoms with Crippen LogP contribution < -0.4 is 0 Å². The number of carbonyl (C=O) groups is 1. The van der Waals surface area contributed by atoms with E-state index in [0.717, 1.165) is 11.3 Å². The summed E-state index contributed by atoms with van der Waals surface area (Å²) in [6.45, 7) is 2.49. The van der Waals surface area contributed by atoms with Gasteiger partial charge in [0, 0.05) is 31.0 Å². The highest BCUT2D eigenvalue weighted by molar-refractivity contribution is 5.94. The quantitative estimate of drug-likeness (QED) is 0.870. The minimum absolute atomic E-state index is 0.00884. The number of hydrogen-bond donors (Lipinski definition) is 1. The van der Waals surface area contributed by atoms with Crippen LogP contribution in [0.4, 0.5) is 0 Å². The molecule has 0 saturated carbocycles. The van der Waals surface area contributed by atoms with Gasteiger partial charge in [-0.3, -0.25) is 14.9 Å². The molecule has 3 heterocycles. The summed E-state index contributed by atoms with van der Waals surface area (Å²) >= 11 is 0. The zero-order valence-electron chi connectivity index (χ0n) is 10.4. The van der Waals surface area contributed by atoms with Crippen molar-refractivity contribution in [3.63, 3.8) is 0 Å². The van der Waals surface area contributed by atoms with Gasteiger partial charge in [0.2, 0.25) is 0 Å². The molecule has 1 aliphatic heterocycles. The maximum Gasteiger partial charge on any atom is 0.255 e. The van der Waals surface area contributed by atoms with Gasteiger partial charge in [-0.15, -0.1) is 0 Å². The molecule has 6 heteroatoms. The third-order valence-corrected chi connectivity index (χ3v) is 3.10. The summed E-state index contributed by atoms with van der Waals surface area (Å²) in [5.41, 5.74) is 2.31. The van der Waals surface area contributed by atoms with Crippen molar-refractivity contribution in [2.75, 3.05) is 26.3 Å². The predicted octanol–water partition coefficient (Wildman–Crippen LogP) is 0.944. The van der Waals surface area contributed by atoms with Crippen molar-refractivity contribution in [3.8, 4) is 11.3 Å². The number of nitrogens with one attached hydrogen (secondary N) is 1. The topological polar surface area (TPSA) is 71.1 Å². The molecule has 0 aromatic carbocycles. The standard InChI is InChI=1S/C13H14N4O2/c18-13(17-3-5-19-6-4-17)10-1-2-12(14-7-10)11-8-15-16-9-11/h1-2,7-9H,3-6H2,(H,15,16). The monoisotopic (exact) mass is 258 g/mol. The normalized spacial score (nSPS) is 15.5. The summed E-state index contributed by atoms with van der Waals surface area (Å²) < 4.78 is 5.23. The summed E-state index contributed by atoms with van der Waals surface area (Å²) in [4.78, 5) is 18.3. The Morgan fingerprint density at radius 2 is 2.11 bits per heavy atom. The van der Waals surface area contributed by atoms with E-state index in [4.69, 9.17) is 4.74 Å². The first-order valence-electron chi connectivity index (χ1n) is 6.17. The van der Waals surface area contributed by atoms with E-state index in [9.17, 15) is 4.79 Å². The van der Waals surface area contributed by atoms with Gasteiger partial charge in [0.15, 0.2) is 0 Å². The van der Waals surface area contributed by atoms with Gasteiger partial charge in [0.1, 0.15) is 0 Å². The number of aromatic nitrogens is 3. The number of nitrogens with zero attached hydrogens (tertiary/aromatic N) is 3. The van der Waals surface area contributed by atoms with E-state index in [1.54, 1.807) is 29.6 Å². The van der Waals surface area contributed by atoms with Gasteiger partial charge in [-0.2, -0.15) is 5.10 Å². The van der Waals surface area contributed by atoms with E-state index in [1.165, 1.54) is 0 Å². The Hall–Kier alpha value is -2.21. The molecule has 1 amide bonds. The maximum absolute atomic E-state index is 12.2. The fraction of sp³-hybridized carbons (Fsp3) is 0.308. The Bertz CT molecular complexity index is 545. The molecule has 0 bridgehead atoms. The van der Waals surface area contributed by atoms with E-state index in [0.29, 0.717) is 31.9 Å². The van der Waals surface area contributed by atoms with E-state index in [2.05, 4.69) is 15.2 Å². The van der Waals surface area contributed by atoms with Crippen LogP contribution in [0, 0.1) is 0 Å². The van der Waals surface area contributed by atoms with E-state index in [-0.39, 0.29) is 5.91 Å². The number of pyridine rings is 1. The Morgan fingerprint density at radius 1 is 1.26 bits per heavy atom. The van der Waals surface area contributed by atoms with Crippen molar-refractivity contribution in [3.05, 3.63) is 36.3 Å². The number of H-pyrrole nitrogens is 1. The van der Waals surface area contributed by atoms with Gasteiger partial charge in [-0.05, 0) is 12.1 Å². The summed E-state index contributed by atoms with van der Waals surface area (Å²) in [5, 5.41) is 6.61. The first-order valence-corrected chi connectivity index (χ1v) is 6.17. The lowest BCUT2D eigenvalue weighted by molar-refractivity contribution is 0.0302. The molecule has 1 aliphatic rings. The number of hydrogen-bond acceptors (Lipinski definition) is 4. The van der Waals surface area contributed by atoms with Crippen molar-refractivity contribution in [2.45, 2.75) is 0 Å². The Balaban J connectivity index is 1.76. The number of carbonyl (C=O) groups excluding carboxylic acids is 1. The molecule has 98 valence electrons. The van der Waals surface area contributed by atoms with Crippen LogP contribution in [0.5, 0.6) is 0 Å². The van der Waals surface area contributed by atoms with Crippen molar-refractivity contribution in [2.24, 2.45) is 0 Å². The van der Waals surface area contributed by atoms with Crippen molar-refractivity contribution >= 4 is 5.91 Å². The van der Waals surface area contributed by atoms with E-state index < -0.39 is 0 Å². The second kappa shape index (κ2) is 5.19. The van der Waals surface area contributed by atoms with Gasteiger partial charge in [0.25, 0.3) is 5.91 Å². The molecule has 6 nitrogen and oxygen atoms in total. The molecule has 1 N–H and O–H groups in total. The van der Waals surface area contributed by atoms with Crippen molar-refractivity contribution in [1.82, 2.24) is 20.1 Å². The molecular formula is C13H14N4O2.